The third-order valence-corrected chi connectivity index (χ3v) is 5.09. The topological polar surface area (TPSA) is 146 Å². The van der Waals surface area contributed by atoms with Crippen molar-refractivity contribution >= 4 is 34.7 Å². The van der Waals surface area contributed by atoms with Crippen LogP contribution < -0.4 is 5.73 Å². The summed E-state index contributed by atoms with van der Waals surface area (Å²) in [6, 6.07) is 0. The average molecular weight is 383 g/mol. The molecule has 0 bridgehead atoms. The van der Waals surface area contributed by atoms with Gasteiger partial charge < -0.3 is 25.4 Å². The second kappa shape index (κ2) is 8.16. The maximum Gasteiger partial charge on any atom is 0.306 e. The summed E-state index contributed by atoms with van der Waals surface area (Å²) >= 11 is 1.45. The molecule has 0 amide bonds. The molecule has 2 aromatic rings. The Hall–Kier alpha value is -1.95. The second-order valence-electron chi connectivity index (χ2n) is 5.76. The van der Waals surface area contributed by atoms with Gasteiger partial charge in [0.1, 0.15) is 24.1 Å². The van der Waals surface area contributed by atoms with Crippen LogP contribution in [0.1, 0.15) is 19.6 Å². The summed E-state index contributed by atoms with van der Waals surface area (Å²) in [5.41, 5.74) is 6.59. The van der Waals surface area contributed by atoms with Gasteiger partial charge in [-0.3, -0.25) is 9.36 Å². The Balaban J connectivity index is 1.62. The van der Waals surface area contributed by atoms with Crippen molar-refractivity contribution in [1.82, 2.24) is 19.5 Å². The van der Waals surface area contributed by atoms with Crippen molar-refractivity contribution in [3.8, 4) is 0 Å². The smallest absolute Gasteiger partial charge is 0.306 e. The third-order valence-electron chi connectivity index (χ3n) is 4.04. The number of aromatic nitrogens is 4. The highest BCUT2D eigenvalue weighted by atomic mass is 32.2. The number of aliphatic hydroxyl groups is 2. The van der Waals surface area contributed by atoms with Gasteiger partial charge in [0.2, 0.25) is 0 Å². The van der Waals surface area contributed by atoms with Crippen molar-refractivity contribution in [3.63, 3.8) is 0 Å². The van der Waals surface area contributed by atoms with Crippen LogP contribution in [0.25, 0.3) is 11.2 Å². The highest BCUT2D eigenvalue weighted by Gasteiger charge is 2.44. The van der Waals surface area contributed by atoms with Crippen LogP contribution in [0.4, 0.5) is 5.82 Å². The van der Waals surface area contributed by atoms with E-state index in [1.807, 2.05) is 0 Å². The molecular weight excluding hydrogens is 362 g/mol. The molecule has 2 aromatic heterocycles. The van der Waals surface area contributed by atoms with Crippen LogP contribution in [0.5, 0.6) is 0 Å². The van der Waals surface area contributed by atoms with E-state index in [9.17, 15) is 15.0 Å². The van der Waals surface area contributed by atoms with E-state index in [-0.39, 0.29) is 18.2 Å². The lowest BCUT2D eigenvalue weighted by molar-refractivity contribution is -0.142. The van der Waals surface area contributed by atoms with E-state index in [4.69, 9.17) is 15.2 Å². The molecule has 0 aliphatic carbocycles. The number of ether oxygens (including phenoxy) is 2. The molecule has 0 radical (unpaired) electrons. The van der Waals surface area contributed by atoms with Gasteiger partial charge in [0.25, 0.3) is 0 Å². The Labute approximate surface area is 153 Å². The molecule has 1 saturated heterocycles. The number of anilines is 1. The van der Waals surface area contributed by atoms with Crippen molar-refractivity contribution in [1.29, 1.82) is 0 Å². The highest BCUT2D eigenvalue weighted by Crippen LogP contribution is 2.33. The van der Waals surface area contributed by atoms with Crippen LogP contribution in [0, 0.1) is 0 Å². The van der Waals surface area contributed by atoms with Gasteiger partial charge in [-0.05, 0) is 6.92 Å². The first-order valence-corrected chi connectivity index (χ1v) is 9.36. The zero-order valence-electron chi connectivity index (χ0n) is 14.2. The molecule has 10 nitrogen and oxygen atoms in total. The number of esters is 1. The molecule has 3 heterocycles. The number of carbonyl (C=O) groups is 1. The van der Waals surface area contributed by atoms with Crippen molar-refractivity contribution < 1.29 is 24.5 Å². The number of fused-ring (bicyclic) bond motifs is 1. The molecule has 0 unspecified atom stereocenters. The van der Waals surface area contributed by atoms with Crippen molar-refractivity contribution in [2.75, 3.05) is 23.8 Å². The molecule has 4 atom stereocenters. The fourth-order valence-electron chi connectivity index (χ4n) is 2.74. The van der Waals surface area contributed by atoms with Gasteiger partial charge in [0.15, 0.2) is 17.7 Å². The van der Waals surface area contributed by atoms with Crippen LogP contribution in [0.3, 0.4) is 0 Å². The molecule has 1 aliphatic rings. The summed E-state index contributed by atoms with van der Waals surface area (Å²) in [4.78, 5) is 23.5. The van der Waals surface area contributed by atoms with Crippen LogP contribution >= 0.6 is 11.8 Å². The van der Waals surface area contributed by atoms with Gasteiger partial charge in [0, 0.05) is 11.5 Å². The largest absolute Gasteiger partial charge is 0.466 e. The number of carbonyl (C=O) groups excluding carboxylic acids is 1. The maximum atomic E-state index is 11.3. The quantitative estimate of drug-likeness (QED) is 0.431. The van der Waals surface area contributed by atoms with E-state index >= 15 is 0 Å². The molecule has 0 saturated carbocycles. The molecule has 11 heteroatoms. The van der Waals surface area contributed by atoms with Crippen LogP contribution in [-0.4, -0.2) is 72.1 Å². The lowest BCUT2D eigenvalue weighted by Gasteiger charge is -2.16. The number of thioether (sulfide) groups is 1. The average Bonchev–Trinajstić information content (AvgIpc) is 3.16. The number of nitrogens with two attached hydrogens (primary N) is 1. The summed E-state index contributed by atoms with van der Waals surface area (Å²) in [6.45, 7) is 2.11. The first-order valence-electron chi connectivity index (χ1n) is 8.21. The number of hydrogen-bond acceptors (Lipinski definition) is 10. The lowest BCUT2D eigenvalue weighted by atomic mass is 10.1. The first kappa shape index (κ1) is 18.8. The molecule has 3 rings (SSSR count). The Morgan fingerprint density at radius 3 is 2.96 bits per heavy atom. The van der Waals surface area contributed by atoms with Gasteiger partial charge in [-0.1, -0.05) is 0 Å². The van der Waals surface area contributed by atoms with Gasteiger partial charge in [-0.25, -0.2) is 15.0 Å². The molecule has 142 valence electrons. The fraction of sp³-hybridized carbons (Fsp3) is 0.600. The lowest BCUT2D eigenvalue weighted by Crippen LogP contribution is -2.32. The maximum absolute atomic E-state index is 11.3. The Bertz CT molecular complexity index is 772. The number of imidazole rings is 1. The SMILES string of the molecule is CCOC(=O)CCSC[C@H]1O[C@@H](n2cnc3c(N)ncnc32)[C@H](O)[C@@H]1O. The van der Waals surface area contributed by atoms with E-state index in [1.165, 1.54) is 29.0 Å². The van der Waals surface area contributed by atoms with Crippen molar-refractivity contribution in [2.45, 2.75) is 37.9 Å². The molecule has 1 fully saturated rings. The Kier molecular flexibility index (Phi) is 5.91. The summed E-state index contributed by atoms with van der Waals surface area (Å²) in [5.74, 6) is 0.947. The van der Waals surface area contributed by atoms with Crippen LogP contribution in [-0.2, 0) is 14.3 Å². The summed E-state index contributed by atoms with van der Waals surface area (Å²) in [7, 11) is 0. The van der Waals surface area contributed by atoms with E-state index in [2.05, 4.69) is 15.0 Å². The number of rotatable bonds is 7. The molecule has 0 spiro atoms. The number of nitrogens with zero attached hydrogens (tertiary/aromatic N) is 4. The summed E-state index contributed by atoms with van der Waals surface area (Å²) in [6.07, 6.45) is -0.580. The molecular formula is C15H21N5O5S. The summed E-state index contributed by atoms with van der Waals surface area (Å²) < 4.78 is 12.2. The second-order valence-corrected chi connectivity index (χ2v) is 6.91. The Morgan fingerprint density at radius 1 is 1.38 bits per heavy atom. The summed E-state index contributed by atoms with van der Waals surface area (Å²) in [5, 5.41) is 20.6. The van der Waals surface area contributed by atoms with Gasteiger partial charge >= 0.3 is 5.97 Å². The van der Waals surface area contributed by atoms with Gasteiger partial charge in [-0.15, -0.1) is 0 Å². The molecule has 4 N–H and O–H groups in total. The molecule has 1 aliphatic heterocycles. The zero-order chi connectivity index (χ0) is 18.7. The van der Waals surface area contributed by atoms with Crippen molar-refractivity contribution in [2.24, 2.45) is 0 Å². The number of hydrogen-bond donors (Lipinski definition) is 3. The Morgan fingerprint density at radius 2 is 2.19 bits per heavy atom. The van der Waals surface area contributed by atoms with Gasteiger partial charge in [-0.2, -0.15) is 11.8 Å². The third kappa shape index (κ3) is 3.75. The highest BCUT2D eigenvalue weighted by molar-refractivity contribution is 7.99. The predicted octanol–water partition coefficient (Wildman–Crippen LogP) is -0.286. The minimum Gasteiger partial charge on any atom is -0.466 e. The fourth-order valence-corrected chi connectivity index (χ4v) is 3.73. The molecule has 0 aromatic carbocycles. The minimum atomic E-state index is -1.14. The van der Waals surface area contributed by atoms with Crippen molar-refractivity contribution in [3.05, 3.63) is 12.7 Å². The predicted molar refractivity (Wildman–Crippen MR) is 94.2 cm³/mol. The first-order chi connectivity index (χ1) is 12.5. The van der Waals surface area contributed by atoms with E-state index in [1.54, 1.807) is 6.92 Å². The monoisotopic (exact) mass is 383 g/mol. The van der Waals surface area contributed by atoms with Gasteiger partial charge in [0.05, 0.1) is 25.5 Å². The van der Waals surface area contributed by atoms with Crippen LogP contribution in [0.2, 0.25) is 0 Å². The minimum absolute atomic E-state index is 0.229. The standard InChI is InChI=1S/C15H21N5O5S/c1-2-24-9(21)3-4-26-5-8-11(22)12(23)15(25-8)20-7-19-10-13(16)17-6-18-14(10)20/h6-8,11-12,15,22-23H,2-5H2,1H3,(H2,16,17,18)/t8-,11-,12-,15-/m1/s1. The van der Waals surface area contributed by atoms with Crippen LogP contribution in [0.15, 0.2) is 12.7 Å². The van der Waals surface area contributed by atoms with E-state index in [0.717, 1.165) is 0 Å². The van der Waals surface area contributed by atoms with E-state index < -0.39 is 24.5 Å². The number of nitrogen functional groups attached to an aromatic ring is 1. The zero-order valence-corrected chi connectivity index (χ0v) is 15.0. The molecule has 26 heavy (non-hydrogen) atoms. The number of aliphatic hydroxyl groups excluding tert-OH is 2. The normalized spacial score (nSPS) is 25.7. The van der Waals surface area contributed by atoms with E-state index in [0.29, 0.717) is 29.3 Å².